The number of hydrogen-bond acceptors (Lipinski definition) is 4. The summed E-state index contributed by atoms with van der Waals surface area (Å²) < 4.78 is 16.2. The molecule has 0 aromatic heterocycles. The molecule has 5 nitrogen and oxygen atoms in total. The second-order valence-electron chi connectivity index (χ2n) is 5.38. The van der Waals surface area contributed by atoms with Crippen LogP contribution in [0.5, 0.6) is 17.2 Å². The standard InChI is InChI=1S/C18H19NO4/c1-12-9-16-17(23-8-7-22-16)11-15(12)19-18(20)10-13-3-5-14(21-2)6-4-13/h3-6,9,11H,7-8,10H2,1-2H3,(H,19,20). The second kappa shape index (κ2) is 6.60. The molecule has 0 fully saturated rings. The third-order valence-electron chi connectivity index (χ3n) is 3.69. The first kappa shape index (κ1) is 15.2. The van der Waals surface area contributed by atoms with E-state index in [1.807, 2.05) is 43.3 Å². The molecule has 1 N–H and O–H groups in total. The maximum Gasteiger partial charge on any atom is 0.228 e. The number of fused-ring (bicyclic) bond motifs is 1. The lowest BCUT2D eigenvalue weighted by Crippen LogP contribution is -2.18. The molecular weight excluding hydrogens is 294 g/mol. The van der Waals surface area contributed by atoms with Gasteiger partial charge in [0.15, 0.2) is 11.5 Å². The van der Waals surface area contributed by atoms with Crippen molar-refractivity contribution in [2.75, 3.05) is 25.6 Å². The van der Waals surface area contributed by atoms with Crippen LogP contribution in [-0.2, 0) is 11.2 Å². The van der Waals surface area contributed by atoms with Gasteiger partial charge in [0.05, 0.1) is 13.5 Å². The van der Waals surface area contributed by atoms with Crippen LogP contribution in [0.15, 0.2) is 36.4 Å². The van der Waals surface area contributed by atoms with Gasteiger partial charge < -0.3 is 19.5 Å². The maximum absolute atomic E-state index is 12.2. The molecule has 1 aliphatic heterocycles. The molecule has 2 aromatic rings. The molecule has 1 amide bonds. The topological polar surface area (TPSA) is 56.8 Å². The van der Waals surface area contributed by atoms with Crippen LogP contribution in [-0.4, -0.2) is 26.2 Å². The van der Waals surface area contributed by atoms with Gasteiger partial charge in [0.1, 0.15) is 19.0 Å². The molecule has 0 radical (unpaired) electrons. The smallest absolute Gasteiger partial charge is 0.228 e. The van der Waals surface area contributed by atoms with E-state index in [4.69, 9.17) is 14.2 Å². The summed E-state index contributed by atoms with van der Waals surface area (Å²) in [5, 5.41) is 2.93. The fourth-order valence-corrected chi connectivity index (χ4v) is 2.45. The molecule has 1 aliphatic rings. The van der Waals surface area contributed by atoms with Gasteiger partial charge in [0.2, 0.25) is 5.91 Å². The van der Waals surface area contributed by atoms with E-state index in [9.17, 15) is 4.79 Å². The number of carbonyl (C=O) groups is 1. The van der Waals surface area contributed by atoms with Gasteiger partial charge in [0.25, 0.3) is 0 Å². The second-order valence-corrected chi connectivity index (χ2v) is 5.38. The van der Waals surface area contributed by atoms with Crippen molar-refractivity contribution in [3.63, 3.8) is 0 Å². The lowest BCUT2D eigenvalue weighted by Gasteiger charge is -2.20. The number of amides is 1. The van der Waals surface area contributed by atoms with E-state index >= 15 is 0 Å². The number of methoxy groups -OCH3 is 1. The van der Waals surface area contributed by atoms with Crippen molar-refractivity contribution in [3.8, 4) is 17.2 Å². The zero-order valence-corrected chi connectivity index (χ0v) is 13.2. The summed E-state index contributed by atoms with van der Waals surface area (Å²) >= 11 is 0. The number of benzene rings is 2. The molecule has 0 aliphatic carbocycles. The Morgan fingerprint density at radius 2 is 1.78 bits per heavy atom. The zero-order chi connectivity index (χ0) is 16.2. The third kappa shape index (κ3) is 3.56. The molecule has 0 saturated heterocycles. The first-order chi connectivity index (χ1) is 11.2. The molecule has 5 heteroatoms. The Morgan fingerprint density at radius 1 is 1.13 bits per heavy atom. The molecule has 0 unspecified atom stereocenters. The summed E-state index contributed by atoms with van der Waals surface area (Å²) in [5.41, 5.74) is 2.61. The van der Waals surface area contributed by atoms with Gasteiger partial charge in [-0.2, -0.15) is 0 Å². The average Bonchev–Trinajstić information content (AvgIpc) is 2.56. The van der Waals surface area contributed by atoms with Gasteiger partial charge in [-0.15, -0.1) is 0 Å². The Morgan fingerprint density at radius 3 is 2.43 bits per heavy atom. The van der Waals surface area contributed by atoms with E-state index in [2.05, 4.69) is 5.32 Å². The molecule has 120 valence electrons. The van der Waals surface area contributed by atoms with E-state index in [-0.39, 0.29) is 5.91 Å². The van der Waals surface area contributed by atoms with Gasteiger partial charge in [-0.1, -0.05) is 12.1 Å². The van der Waals surface area contributed by atoms with Crippen molar-refractivity contribution in [1.82, 2.24) is 0 Å². The van der Waals surface area contributed by atoms with E-state index in [1.54, 1.807) is 7.11 Å². The van der Waals surface area contributed by atoms with E-state index in [0.29, 0.717) is 25.4 Å². The number of hydrogen-bond donors (Lipinski definition) is 1. The highest BCUT2D eigenvalue weighted by Gasteiger charge is 2.15. The van der Waals surface area contributed by atoms with Gasteiger partial charge in [0, 0.05) is 11.8 Å². The monoisotopic (exact) mass is 313 g/mol. The van der Waals surface area contributed by atoms with E-state index in [1.165, 1.54) is 0 Å². The van der Waals surface area contributed by atoms with Crippen LogP contribution in [0.25, 0.3) is 0 Å². The number of ether oxygens (including phenoxy) is 3. The van der Waals surface area contributed by atoms with Crippen LogP contribution < -0.4 is 19.5 Å². The Balaban J connectivity index is 1.69. The van der Waals surface area contributed by atoms with Crippen LogP contribution in [0.2, 0.25) is 0 Å². The number of anilines is 1. The SMILES string of the molecule is COc1ccc(CC(=O)Nc2cc3c(cc2C)OCCO3)cc1. The predicted octanol–water partition coefficient (Wildman–Crippen LogP) is 2.96. The summed E-state index contributed by atoms with van der Waals surface area (Å²) in [5.74, 6) is 2.09. The maximum atomic E-state index is 12.2. The van der Waals surface area contributed by atoms with Gasteiger partial charge in [-0.05, 0) is 36.2 Å². The molecule has 1 heterocycles. The molecule has 23 heavy (non-hydrogen) atoms. The first-order valence-electron chi connectivity index (χ1n) is 7.49. The fraction of sp³-hybridized carbons (Fsp3) is 0.278. The van der Waals surface area contributed by atoms with Crippen molar-refractivity contribution in [2.45, 2.75) is 13.3 Å². The highest BCUT2D eigenvalue weighted by molar-refractivity contribution is 5.93. The van der Waals surface area contributed by atoms with Gasteiger partial charge in [-0.3, -0.25) is 4.79 Å². The zero-order valence-electron chi connectivity index (χ0n) is 13.2. The third-order valence-corrected chi connectivity index (χ3v) is 3.69. The van der Waals surface area contributed by atoms with Crippen LogP contribution in [0.3, 0.4) is 0 Å². The highest BCUT2D eigenvalue weighted by atomic mass is 16.6. The Labute approximate surface area is 135 Å². The predicted molar refractivity (Wildman–Crippen MR) is 87.5 cm³/mol. The molecule has 0 atom stereocenters. The molecule has 2 aromatic carbocycles. The van der Waals surface area contributed by atoms with Gasteiger partial charge in [-0.25, -0.2) is 0 Å². The van der Waals surface area contributed by atoms with Crippen molar-refractivity contribution in [2.24, 2.45) is 0 Å². The largest absolute Gasteiger partial charge is 0.497 e. The number of rotatable bonds is 4. The lowest BCUT2D eigenvalue weighted by atomic mass is 10.1. The summed E-state index contributed by atoms with van der Waals surface area (Å²) in [6, 6.07) is 11.2. The van der Waals surface area contributed by atoms with Gasteiger partial charge >= 0.3 is 0 Å². The minimum atomic E-state index is -0.0741. The molecule has 0 spiro atoms. The Kier molecular flexibility index (Phi) is 4.37. The molecule has 0 bridgehead atoms. The van der Waals surface area contributed by atoms with Crippen LogP contribution >= 0.6 is 0 Å². The molecule has 0 saturated carbocycles. The van der Waals surface area contributed by atoms with Crippen LogP contribution in [0.4, 0.5) is 5.69 Å². The van der Waals surface area contributed by atoms with Crippen LogP contribution in [0, 0.1) is 6.92 Å². The summed E-state index contributed by atoms with van der Waals surface area (Å²) in [6.07, 6.45) is 0.303. The van der Waals surface area contributed by atoms with E-state index in [0.717, 1.165) is 28.3 Å². The van der Waals surface area contributed by atoms with E-state index < -0.39 is 0 Å². The van der Waals surface area contributed by atoms with Crippen molar-refractivity contribution < 1.29 is 19.0 Å². The van der Waals surface area contributed by atoms with Crippen molar-refractivity contribution >= 4 is 11.6 Å². The van der Waals surface area contributed by atoms with Crippen LogP contribution in [0.1, 0.15) is 11.1 Å². The summed E-state index contributed by atoms with van der Waals surface area (Å²) in [7, 11) is 1.62. The molecule has 3 rings (SSSR count). The summed E-state index contributed by atoms with van der Waals surface area (Å²) in [6.45, 7) is 3.01. The number of nitrogens with one attached hydrogen (secondary N) is 1. The average molecular weight is 313 g/mol. The summed E-state index contributed by atoms with van der Waals surface area (Å²) in [4.78, 5) is 12.2. The van der Waals surface area contributed by atoms with Crippen molar-refractivity contribution in [1.29, 1.82) is 0 Å². The quantitative estimate of drug-likeness (QED) is 0.943. The number of carbonyl (C=O) groups excluding carboxylic acids is 1. The normalized spacial score (nSPS) is 12.6. The van der Waals surface area contributed by atoms with Crippen molar-refractivity contribution in [3.05, 3.63) is 47.5 Å². The Bertz CT molecular complexity index is 710. The molecular formula is C18H19NO4. The number of aryl methyl sites for hydroxylation is 1. The lowest BCUT2D eigenvalue weighted by molar-refractivity contribution is -0.115. The first-order valence-corrected chi connectivity index (χ1v) is 7.49. The Hall–Kier alpha value is -2.69. The fourth-order valence-electron chi connectivity index (χ4n) is 2.45. The minimum absolute atomic E-state index is 0.0741. The highest BCUT2D eigenvalue weighted by Crippen LogP contribution is 2.35. The minimum Gasteiger partial charge on any atom is -0.497 e.